The molecular weight excluding hydrogens is 747 g/mol. The van der Waals surface area contributed by atoms with Crippen molar-refractivity contribution in [2.75, 3.05) is 33.3 Å². The summed E-state index contributed by atoms with van der Waals surface area (Å²) in [6.07, 6.45) is 0.0704. The molecule has 57 heavy (non-hydrogen) atoms. The molecule has 3 aromatic carbocycles. The number of H-pyrrole nitrogens is 1. The van der Waals surface area contributed by atoms with E-state index in [1.165, 1.54) is 6.33 Å². The van der Waals surface area contributed by atoms with Gasteiger partial charge in [0.05, 0.1) is 33.3 Å². The number of carbonyl (C=O) groups excluding carboxylic acids is 1. The average molecular weight is 801 g/mol. The molecule has 1 aliphatic rings. The Morgan fingerprint density at radius 2 is 1.49 bits per heavy atom. The van der Waals surface area contributed by atoms with E-state index in [0.29, 0.717) is 17.9 Å². The van der Waals surface area contributed by atoms with E-state index in [4.69, 9.17) is 28.0 Å². The number of nitrogens with one attached hydrogen (secondary N) is 2. The number of fused-ring (bicyclic) bond motifs is 1. The zero-order valence-electron chi connectivity index (χ0n) is 34.0. The summed E-state index contributed by atoms with van der Waals surface area (Å²) in [5.74, 6) is 0.849. The standard InChI is InChI=1S/C42H53N6O8P/c1-26(2)39(49)45-41-44-38-37(40(50)46-41)43-25-47(38)36-23-34(56-57(53-9)48(27(3)4)28(5)6)35(55-36)24-54-42(29-13-11-10-12-14-29,30-15-19-32(51-7)20-16-30)31-17-21-33(52-8)22-18-31/h10-22,25-28,34-36H,23-24H2,1-9H3,(H2,44,45,46,49,50)/t34-,35-,36-,57?/m1/s1. The summed E-state index contributed by atoms with van der Waals surface area (Å²) in [5, 5.41) is 2.70. The van der Waals surface area contributed by atoms with Crippen molar-refractivity contribution < 1.29 is 32.8 Å². The summed E-state index contributed by atoms with van der Waals surface area (Å²) in [6, 6.07) is 26.0. The van der Waals surface area contributed by atoms with Crippen LogP contribution in [0.25, 0.3) is 11.2 Å². The first kappa shape index (κ1) is 41.9. The molecule has 4 atom stereocenters. The van der Waals surface area contributed by atoms with E-state index in [0.717, 1.165) is 16.7 Å². The number of benzene rings is 3. The zero-order valence-corrected chi connectivity index (χ0v) is 34.9. The van der Waals surface area contributed by atoms with Crippen LogP contribution in [0.15, 0.2) is 90.0 Å². The molecule has 14 nitrogen and oxygen atoms in total. The Balaban J connectivity index is 1.43. The van der Waals surface area contributed by atoms with E-state index < -0.39 is 38.1 Å². The van der Waals surface area contributed by atoms with Crippen LogP contribution >= 0.6 is 8.53 Å². The van der Waals surface area contributed by atoms with Crippen LogP contribution in [0.2, 0.25) is 0 Å². The Labute approximate surface area is 334 Å². The molecule has 1 unspecified atom stereocenters. The third-order valence-corrected chi connectivity index (χ3v) is 12.0. The molecule has 0 radical (unpaired) electrons. The van der Waals surface area contributed by atoms with Crippen LogP contribution in [0.4, 0.5) is 5.95 Å². The lowest BCUT2D eigenvalue weighted by molar-refractivity contribution is -0.118. The quantitative estimate of drug-likeness (QED) is 0.0715. The van der Waals surface area contributed by atoms with E-state index in [-0.39, 0.29) is 47.6 Å². The maximum absolute atomic E-state index is 13.1. The van der Waals surface area contributed by atoms with Crippen LogP contribution in [-0.2, 0) is 28.9 Å². The fourth-order valence-corrected chi connectivity index (χ4v) is 8.74. The molecule has 1 aliphatic heterocycles. The summed E-state index contributed by atoms with van der Waals surface area (Å²) < 4.78 is 42.1. The summed E-state index contributed by atoms with van der Waals surface area (Å²) in [6.45, 7) is 12.0. The van der Waals surface area contributed by atoms with Gasteiger partial charge in [0, 0.05) is 31.5 Å². The molecule has 304 valence electrons. The molecule has 0 spiro atoms. The number of nitrogens with zero attached hydrogens (tertiary/aromatic N) is 4. The number of hydrogen-bond acceptors (Lipinski definition) is 11. The number of imidazole rings is 1. The van der Waals surface area contributed by atoms with Crippen molar-refractivity contribution in [1.29, 1.82) is 0 Å². The molecule has 2 N–H and O–H groups in total. The summed E-state index contributed by atoms with van der Waals surface area (Å²) in [4.78, 5) is 37.3. The van der Waals surface area contributed by atoms with Crippen molar-refractivity contribution in [3.8, 4) is 11.5 Å². The predicted octanol–water partition coefficient (Wildman–Crippen LogP) is 7.40. The molecule has 1 amide bonds. The lowest BCUT2D eigenvalue weighted by Crippen LogP contribution is -2.39. The van der Waals surface area contributed by atoms with Gasteiger partial charge in [-0.3, -0.25) is 24.5 Å². The predicted molar refractivity (Wildman–Crippen MR) is 219 cm³/mol. The van der Waals surface area contributed by atoms with Gasteiger partial charge in [-0.15, -0.1) is 0 Å². The number of aromatic amines is 1. The van der Waals surface area contributed by atoms with Gasteiger partial charge < -0.3 is 28.0 Å². The minimum absolute atomic E-state index is 0.0256. The zero-order chi connectivity index (χ0) is 40.9. The van der Waals surface area contributed by atoms with Crippen molar-refractivity contribution >= 4 is 31.5 Å². The molecule has 0 aliphatic carbocycles. The SMILES string of the molecule is COc1ccc(C(OC[C@H]2O[C@@H](n3cnc4c(=O)[nH]c(NC(=O)C(C)C)nc43)C[C@H]2OP(OC)N(C(C)C)C(C)C)(c2ccccc2)c2ccc(OC)cc2)cc1. The van der Waals surface area contributed by atoms with Gasteiger partial charge in [0.15, 0.2) is 11.2 Å². The molecule has 6 rings (SSSR count). The minimum Gasteiger partial charge on any atom is -0.497 e. The Bertz CT molecular complexity index is 2090. The van der Waals surface area contributed by atoms with Gasteiger partial charge in [0.25, 0.3) is 14.1 Å². The van der Waals surface area contributed by atoms with Gasteiger partial charge in [-0.1, -0.05) is 68.4 Å². The first-order valence-electron chi connectivity index (χ1n) is 19.1. The highest BCUT2D eigenvalue weighted by atomic mass is 31.2. The van der Waals surface area contributed by atoms with Crippen LogP contribution in [0.1, 0.15) is 70.9 Å². The van der Waals surface area contributed by atoms with Crippen LogP contribution in [0.5, 0.6) is 11.5 Å². The summed E-state index contributed by atoms with van der Waals surface area (Å²) >= 11 is 0. The normalized spacial score (nSPS) is 17.9. The molecule has 1 fully saturated rings. The Morgan fingerprint density at radius 3 is 2.02 bits per heavy atom. The van der Waals surface area contributed by atoms with Crippen LogP contribution in [0, 0.1) is 5.92 Å². The van der Waals surface area contributed by atoms with Crippen LogP contribution in [0.3, 0.4) is 0 Å². The van der Waals surface area contributed by atoms with E-state index in [2.05, 4.69) is 52.6 Å². The fraction of sp³-hybridized carbons (Fsp3) is 0.429. The summed E-state index contributed by atoms with van der Waals surface area (Å²) in [5.41, 5.74) is 1.43. The van der Waals surface area contributed by atoms with Crippen molar-refractivity contribution in [2.45, 2.75) is 84.1 Å². The van der Waals surface area contributed by atoms with Crippen molar-refractivity contribution in [3.63, 3.8) is 0 Å². The number of hydrogen-bond donors (Lipinski definition) is 2. The molecule has 0 saturated carbocycles. The van der Waals surface area contributed by atoms with Gasteiger partial charge in [0.2, 0.25) is 11.9 Å². The highest BCUT2D eigenvalue weighted by Gasteiger charge is 2.45. The topological polar surface area (TPSA) is 151 Å². The van der Waals surface area contributed by atoms with Gasteiger partial charge in [-0.05, 0) is 68.7 Å². The minimum atomic E-state index is -1.53. The van der Waals surface area contributed by atoms with Gasteiger partial charge in [-0.2, -0.15) is 4.98 Å². The van der Waals surface area contributed by atoms with E-state index in [1.807, 2.05) is 78.9 Å². The highest BCUT2D eigenvalue weighted by Crippen LogP contribution is 2.50. The second-order valence-corrected chi connectivity index (χ2v) is 16.2. The lowest BCUT2D eigenvalue weighted by atomic mass is 9.80. The Morgan fingerprint density at radius 1 is 0.912 bits per heavy atom. The maximum Gasteiger partial charge on any atom is 0.280 e. The van der Waals surface area contributed by atoms with Crippen LogP contribution < -0.4 is 20.3 Å². The maximum atomic E-state index is 13.1. The van der Waals surface area contributed by atoms with E-state index in [9.17, 15) is 9.59 Å². The molecule has 3 heterocycles. The lowest BCUT2D eigenvalue weighted by Gasteiger charge is -2.38. The first-order valence-corrected chi connectivity index (χ1v) is 20.2. The van der Waals surface area contributed by atoms with Gasteiger partial charge in [0.1, 0.15) is 29.4 Å². The molecule has 5 aromatic rings. The largest absolute Gasteiger partial charge is 0.497 e. The van der Waals surface area contributed by atoms with Gasteiger partial charge >= 0.3 is 0 Å². The molecular formula is C42H53N6O8P. The van der Waals surface area contributed by atoms with E-state index in [1.54, 1.807) is 39.7 Å². The molecule has 2 aromatic heterocycles. The smallest absolute Gasteiger partial charge is 0.280 e. The van der Waals surface area contributed by atoms with E-state index >= 15 is 0 Å². The third kappa shape index (κ3) is 8.91. The number of carbonyl (C=O) groups is 1. The number of aromatic nitrogens is 4. The second kappa shape index (κ2) is 18.3. The number of ether oxygens (including phenoxy) is 4. The van der Waals surface area contributed by atoms with Crippen molar-refractivity contribution in [3.05, 3.63) is 112 Å². The number of anilines is 1. The third-order valence-electron chi connectivity index (χ3n) is 9.96. The monoisotopic (exact) mass is 800 g/mol. The fourth-order valence-electron chi connectivity index (χ4n) is 7.15. The van der Waals surface area contributed by atoms with Crippen LogP contribution in [-0.4, -0.2) is 82.3 Å². The van der Waals surface area contributed by atoms with Crippen molar-refractivity contribution in [2.24, 2.45) is 5.92 Å². The molecule has 15 heteroatoms. The number of amides is 1. The molecule has 1 saturated heterocycles. The van der Waals surface area contributed by atoms with Gasteiger partial charge in [-0.25, -0.2) is 9.65 Å². The number of rotatable bonds is 17. The number of methoxy groups -OCH3 is 2. The second-order valence-electron chi connectivity index (χ2n) is 14.7. The summed E-state index contributed by atoms with van der Waals surface area (Å²) in [7, 11) is 3.40. The van der Waals surface area contributed by atoms with Crippen molar-refractivity contribution in [1.82, 2.24) is 24.2 Å². The highest BCUT2D eigenvalue weighted by molar-refractivity contribution is 7.44. The first-order chi connectivity index (χ1) is 27.4. The average Bonchev–Trinajstić information content (AvgIpc) is 3.82. The molecule has 0 bridgehead atoms. The Hall–Kier alpha value is -4.69. The Kier molecular flexibility index (Phi) is 13.4.